The van der Waals surface area contributed by atoms with Crippen LogP contribution in [0, 0.1) is 6.92 Å². The van der Waals surface area contributed by atoms with E-state index in [-0.39, 0.29) is 5.91 Å². The number of anilines is 1. The lowest BCUT2D eigenvalue weighted by Gasteiger charge is -2.06. The lowest BCUT2D eigenvalue weighted by molar-refractivity contribution is 0.102. The van der Waals surface area contributed by atoms with Crippen molar-refractivity contribution < 1.29 is 4.79 Å². The van der Waals surface area contributed by atoms with Gasteiger partial charge in [0.1, 0.15) is 10.6 Å². The van der Waals surface area contributed by atoms with E-state index in [4.69, 9.17) is 0 Å². The van der Waals surface area contributed by atoms with E-state index < -0.39 is 0 Å². The highest BCUT2D eigenvalue weighted by molar-refractivity contribution is 7.98. The maximum atomic E-state index is 12.8. The van der Waals surface area contributed by atoms with E-state index in [1.54, 1.807) is 0 Å². The third kappa shape index (κ3) is 2.47. The van der Waals surface area contributed by atoms with Gasteiger partial charge in [-0.25, -0.2) is 9.50 Å². The highest BCUT2D eigenvalue weighted by Gasteiger charge is 2.24. The highest BCUT2D eigenvalue weighted by Crippen LogP contribution is 2.28. The number of carbonyl (C=O) groups is 1. The van der Waals surface area contributed by atoms with Crippen LogP contribution in [0.2, 0.25) is 0 Å². The highest BCUT2D eigenvalue weighted by atomic mass is 32.2. The normalized spacial score (nSPS) is 13.2. The fraction of sp³-hybridized carbons (Fsp3) is 0.278. The number of aryl methyl sites for hydroxylation is 3. The topological polar surface area (TPSA) is 59.3 Å². The smallest absolute Gasteiger partial charge is 0.262 e. The van der Waals surface area contributed by atoms with Crippen LogP contribution in [0.3, 0.4) is 0 Å². The molecule has 24 heavy (non-hydrogen) atoms. The second-order valence-corrected chi connectivity index (χ2v) is 6.82. The van der Waals surface area contributed by atoms with Gasteiger partial charge >= 0.3 is 0 Å². The van der Waals surface area contributed by atoms with Crippen LogP contribution in [-0.2, 0) is 12.8 Å². The molecule has 0 bridgehead atoms. The average Bonchev–Trinajstić information content (AvgIpc) is 3.19. The number of aromatic nitrogens is 3. The summed E-state index contributed by atoms with van der Waals surface area (Å²) >= 11 is 1.48. The van der Waals surface area contributed by atoms with Gasteiger partial charge in [-0.15, -0.1) is 11.8 Å². The van der Waals surface area contributed by atoms with Crippen LogP contribution >= 0.6 is 11.8 Å². The van der Waals surface area contributed by atoms with Crippen molar-refractivity contribution in [3.05, 3.63) is 52.8 Å². The van der Waals surface area contributed by atoms with Crippen molar-refractivity contribution in [3.8, 4) is 0 Å². The van der Waals surface area contributed by atoms with E-state index >= 15 is 0 Å². The van der Waals surface area contributed by atoms with E-state index in [1.165, 1.54) is 23.0 Å². The number of rotatable bonds is 3. The molecule has 0 radical (unpaired) electrons. The van der Waals surface area contributed by atoms with Crippen molar-refractivity contribution in [2.75, 3.05) is 11.6 Å². The van der Waals surface area contributed by atoms with Crippen LogP contribution in [0.1, 0.15) is 33.6 Å². The summed E-state index contributed by atoms with van der Waals surface area (Å²) in [7, 11) is 0. The first kappa shape index (κ1) is 15.2. The Hall–Kier alpha value is -2.34. The van der Waals surface area contributed by atoms with E-state index in [2.05, 4.69) is 15.4 Å². The number of nitrogens with zero attached hydrogens (tertiary/aromatic N) is 3. The van der Waals surface area contributed by atoms with Crippen LogP contribution in [-0.4, -0.2) is 26.8 Å². The van der Waals surface area contributed by atoms with E-state index in [1.807, 2.05) is 48.2 Å². The van der Waals surface area contributed by atoms with E-state index in [0.29, 0.717) is 16.2 Å². The molecule has 0 fully saturated rings. The van der Waals surface area contributed by atoms with Gasteiger partial charge in [0.25, 0.3) is 5.91 Å². The summed E-state index contributed by atoms with van der Waals surface area (Å²) in [6.07, 6.45) is 6.98. The average molecular weight is 338 g/mol. The molecule has 1 amide bonds. The molecule has 1 aromatic carbocycles. The van der Waals surface area contributed by atoms with Crippen molar-refractivity contribution in [2.45, 2.75) is 31.2 Å². The molecule has 0 saturated carbocycles. The minimum absolute atomic E-state index is 0.163. The Morgan fingerprint density at radius 2 is 2.04 bits per heavy atom. The summed E-state index contributed by atoms with van der Waals surface area (Å²) in [5.74, 6) is -0.163. The third-order valence-electron chi connectivity index (χ3n) is 4.39. The number of benzene rings is 1. The maximum absolute atomic E-state index is 12.8. The van der Waals surface area contributed by atoms with Gasteiger partial charge in [0.2, 0.25) is 0 Å². The van der Waals surface area contributed by atoms with Crippen LogP contribution in [0.4, 0.5) is 5.69 Å². The fourth-order valence-corrected chi connectivity index (χ4v) is 3.69. The maximum Gasteiger partial charge on any atom is 0.262 e. The summed E-state index contributed by atoms with van der Waals surface area (Å²) in [5, 5.41) is 8.31. The minimum Gasteiger partial charge on any atom is -0.322 e. The predicted molar refractivity (Wildman–Crippen MR) is 95.9 cm³/mol. The minimum atomic E-state index is -0.163. The van der Waals surface area contributed by atoms with Gasteiger partial charge in [0.15, 0.2) is 5.65 Å². The van der Waals surface area contributed by atoms with Gasteiger partial charge in [-0.1, -0.05) is 17.7 Å². The number of carbonyl (C=O) groups excluding carboxylic acids is 1. The predicted octanol–water partition coefficient (Wildman–Crippen LogP) is 3.50. The van der Waals surface area contributed by atoms with Gasteiger partial charge in [-0.2, -0.15) is 5.10 Å². The molecule has 1 N–H and O–H groups in total. The molecule has 0 saturated heterocycles. The molecule has 1 aliphatic carbocycles. The number of hydrogen-bond acceptors (Lipinski definition) is 4. The van der Waals surface area contributed by atoms with Crippen LogP contribution in [0.15, 0.2) is 35.5 Å². The second kappa shape index (κ2) is 5.94. The van der Waals surface area contributed by atoms with Crippen molar-refractivity contribution in [3.63, 3.8) is 0 Å². The number of nitrogens with one attached hydrogen (secondary N) is 1. The lowest BCUT2D eigenvalue weighted by atomic mass is 10.2. The Morgan fingerprint density at radius 3 is 2.79 bits per heavy atom. The van der Waals surface area contributed by atoms with Gasteiger partial charge in [0, 0.05) is 17.6 Å². The lowest BCUT2D eigenvalue weighted by Crippen LogP contribution is -2.13. The third-order valence-corrected chi connectivity index (χ3v) is 5.06. The molecule has 0 spiro atoms. The zero-order chi connectivity index (χ0) is 16.7. The molecular formula is C18H18N4OS. The van der Waals surface area contributed by atoms with Crippen LogP contribution in [0.5, 0.6) is 0 Å². The Kier molecular flexibility index (Phi) is 3.76. The zero-order valence-electron chi connectivity index (χ0n) is 13.7. The molecule has 2 aromatic heterocycles. The summed E-state index contributed by atoms with van der Waals surface area (Å²) in [4.78, 5) is 17.4. The zero-order valence-corrected chi connectivity index (χ0v) is 14.5. The van der Waals surface area contributed by atoms with E-state index in [9.17, 15) is 4.79 Å². The molecule has 122 valence electrons. The number of hydrogen-bond donors (Lipinski definition) is 1. The first-order valence-corrected chi connectivity index (χ1v) is 9.21. The van der Waals surface area contributed by atoms with Crippen molar-refractivity contribution >= 4 is 29.0 Å². The molecule has 0 atom stereocenters. The Balaban J connectivity index is 1.77. The van der Waals surface area contributed by atoms with Crippen molar-refractivity contribution in [1.29, 1.82) is 0 Å². The van der Waals surface area contributed by atoms with Crippen LogP contribution in [0.25, 0.3) is 5.65 Å². The van der Waals surface area contributed by atoms with E-state index in [0.717, 1.165) is 30.5 Å². The Morgan fingerprint density at radius 1 is 1.25 bits per heavy atom. The van der Waals surface area contributed by atoms with Gasteiger partial charge in [-0.05, 0) is 50.1 Å². The summed E-state index contributed by atoms with van der Waals surface area (Å²) < 4.78 is 1.86. The quantitative estimate of drug-likeness (QED) is 0.743. The first-order valence-electron chi connectivity index (χ1n) is 7.99. The Labute approximate surface area is 144 Å². The molecule has 0 aliphatic heterocycles. The molecule has 0 unspecified atom stereocenters. The SMILES string of the molecule is CSc1nn2c3c(cnc2c1C(=O)Nc1ccc(C)cc1)CCC3. The molecule has 6 heteroatoms. The molecule has 4 rings (SSSR count). The summed E-state index contributed by atoms with van der Waals surface area (Å²) in [5.41, 5.74) is 5.55. The van der Waals surface area contributed by atoms with Crippen LogP contribution < -0.4 is 5.32 Å². The largest absolute Gasteiger partial charge is 0.322 e. The fourth-order valence-electron chi connectivity index (χ4n) is 3.14. The molecular weight excluding hydrogens is 320 g/mol. The molecule has 1 aliphatic rings. The summed E-state index contributed by atoms with van der Waals surface area (Å²) in [6, 6.07) is 7.77. The number of amides is 1. The molecule has 5 nitrogen and oxygen atoms in total. The van der Waals surface area contributed by atoms with Gasteiger partial charge < -0.3 is 5.32 Å². The second-order valence-electron chi connectivity index (χ2n) is 6.02. The molecule has 3 aromatic rings. The number of fused-ring (bicyclic) bond motifs is 3. The Bertz CT molecular complexity index is 930. The van der Waals surface area contributed by atoms with Crippen molar-refractivity contribution in [2.24, 2.45) is 0 Å². The first-order chi connectivity index (χ1) is 11.7. The summed E-state index contributed by atoms with van der Waals surface area (Å²) in [6.45, 7) is 2.02. The monoisotopic (exact) mass is 338 g/mol. The number of thioether (sulfide) groups is 1. The van der Waals surface area contributed by atoms with Gasteiger partial charge in [0.05, 0.1) is 0 Å². The standard InChI is InChI=1S/C18H18N4OS/c1-11-6-8-13(9-7-11)20-17(23)15-16-19-10-12-4-3-5-14(12)22(16)21-18(15)24-2/h6-10H,3-5H2,1-2H3,(H,20,23). The molecule has 2 heterocycles. The van der Waals surface area contributed by atoms with Gasteiger partial charge in [-0.3, -0.25) is 4.79 Å². The van der Waals surface area contributed by atoms with Crippen molar-refractivity contribution in [1.82, 2.24) is 14.6 Å².